The standard InChI is InChI=1S/C27H25N7O3/c1-2-23(35)32-17-9-10-29-21(13-17)18-6-3-5-16-14-31-27(33-24(16)18)34-25-19(22-15-37-12-11-30-22)7-4-8-20(25)26(28)36/h2-10,13-14,22,30H,1,11-12,15H2,(H2,28,36)(H,29,32,35)(H,31,33,34). The average Bonchev–Trinajstić information content (AvgIpc) is 2.93. The van der Waals surface area contributed by atoms with Gasteiger partial charge in [-0.15, -0.1) is 0 Å². The summed E-state index contributed by atoms with van der Waals surface area (Å²) >= 11 is 0. The van der Waals surface area contributed by atoms with E-state index in [4.69, 9.17) is 15.5 Å². The van der Waals surface area contributed by atoms with E-state index in [1.54, 1.807) is 36.7 Å². The van der Waals surface area contributed by atoms with E-state index in [0.717, 1.165) is 16.5 Å². The highest BCUT2D eigenvalue weighted by Crippen LogP contribution is 2.32. The van der Waals surface area contributed by atoms with E-state index < -0.39 is 5.91 Å². The molecule has 0 aliphatic carbocycles. The first-order valence-corrected chi connectivity index (χ1v) is 11.7. The molecule has 0 bridgehead atoms. The van der Waals surface area contributed by atoms with Crippen LogP contribution in [-0.4, -0.2) is 46.5 Å². The summed E-state index contributed by atoms with van der Waals surface area (Å²) in [4.78, 5) is 37.8. The number of nitrogens with zero attached hydrogens (tertiary/aromatic N) is 3. The van der Waals surface area contributed by atoms with E-state index in [9.17, 15) is 9.59 Å². The van der Waals surface area contributed by atoms with Crippen molar-refractivity contribution in [2.24, 2.45) is 5.73 Å². The van der Waals surface area contributed by atoms with E-state index in [0.29, 0.717) is 53.9 Å². The van der Waals surface area contributed by atoms with Gasteiger partial charge in [-0.25, -0.2) is 9.97 Å². The molecule has 1 unspecified atom stereocenters. The number of hydrogen-bond acceptors (Lipinski definition) is 8. The first kappa shape index (κ1) is 24.0. The van der Waals surface area contributed by atoms with Crippen LogP contribution in [0.1, 0.15) is 22.0 Å². The van der Waals surface area contributed by atoms with Gasteiger partial charge in [-0.1, -0.05) is 36.9 Å². The Kier molecular flexibility index (Phi) is 6.84. The highest BCUT2D eigenvalue weighted by atomic mass is 16.5. The Morgan fingerprint density at radius 3 is 2.81 bits per heavy atom. The molecule has 37 heavy (non-hydrogen) atoms. The van der Waals surface area contributed by atoms with E-state index in [2.05, 4.69) is 32.5 Å². The number of nitrogens with two attached hydrogens (primary N) is 1. The van der Waals surface area contributed by atoms with E-state index >= 15 is 0 Å². The molecule has 1 atom stereocenters. The van der Waals surface area contributed by atoms with Crippen molar-refractivity contribution in [3.8, 4) is 11.3 Å². The number of hydrogen-bond donors (Lipinski definition) is 4. The number of amides is 2. The minimum atomic E-state index is -0.565. The second-order valence-corrected chi connectivity index (χ2v) is 8.40. The molecule has 0 spiro atoms. The van der Waals surface area contributed by atoms with Crippen LogP contribution in [0.25, 0.3) is 22.2 Å². The lowest BCUT2D eigenvalue weighted by molar-refractivity contribution is -0.111. The molecule has 0 radical (unpaired) electrons. The van der Waals surface area contributed by atoms with Crippen molar-refractivity contribution in [2.45, 2.75) is 6.04 Å². The van der Waals surface area contributed by atoms with Crippen molar-refractivity contribution in [3.05, 3.63) is 84.7 Å². The number of ether oxygens (including phenoxy) is 1. The summed E-state index contributed by atoms with van der Waals surface area (Å²) in [5, 5.41) is 10.2. The van der Waals surface area contributed by atoms with Gasteiger partial charge in [0, 0.05) is 35.6 Å². The number of morpholine rings is 1. The van der Waals surface area contributed by atoms with Crippen molar-refractivity contribution in [3.63, 3.8) is 0 Å². The summed E-state index contributed by atoms with van der Waals surface area (Å²) in [5.74, 6) is -0.585. The summed E-state index contributed by atoms with van der Waals surface area (Å²) in [6.45, 7) is 5.26. The lowest BCUT2D eigenvalue weighted by atomic mass is 9.99. The summed E-state index contributed by atoms with van der Waals surface area (Å²) in [5.41, 5.74) is 10.0. The van der Waals surface area contributed by atoms with Crippen LogP contribution in [0.15, 0.2) is 73.6 Å². The fourth-order valence-electron chi connectivity index (χ4n) is 4.25. The van der Waals surface area contributed by atoms with Crippen molar-refractivity contribution in [1.82, 2.24) is 20.3 Å². The quantitative estimate of drug-likeness (QED) is 0.286. The third kappa shape index (κ3) is 5.15. The third-order valence-electron chi connectivity index (χ3n) is 6.00. The summed E-state index contributed by atoms with van der Waals surface area (Å²) in [6, 6.07) is 14.4. The molecule has 1 aliphatic heterocycles. The summed E-state index contributed by atoms with van der Waals surface area (Å²) < 4.78 is 5.63. The van der Waals surface area contributed by atoms with Gasteiger partial charge in [0.1, 0.15) is 0 Å². The third-order valence-corrected chi connectivity index (χ3v) is 6.00. The monoisotopic (exact) mass is 495 g/mol. The second-order valence-electron chi connectivity index (χ2n) is 8.40. The van der Waals surface area contributed by atoms with E-state index in [1.165, 1.54) is 6.08 Å². The zero-order chi connectivity index (χ0) is 25.8. The molecule has 10 nitrogen and oxygen atoms in total. The first-order chi connectivity index (χ1) is 18.0. The molecule has 0 saturated carbocycles. The Balaban J connectivity index is 1.56. The molecule has 1 fully saturated rings. The molecule has 2 aromatic heterocycles. The molecule has 5 rings (SSSR count). The zero-order valence-electron chi connectivity index (χ0n) is 19.9. The molecule has 4 aromatic rings. The molecule has 10 heteroatoms. The van der Waals surface area contributed by atoms with Gasteiger partial charge in [0.2, 0.25) is 11.9 Å². The average molecular weight is 496 g/mol. The maximum absolute atomic E-state index is 12.3. The maximum atomic E-state index is 12.3. The van der Waals surface area contributed by atoms with Gasteiger partial charge >= 0.3 is 0 Å². The van der Waals surface area contributed by atoms with Crippen LogP contribution in [0.4, 0.5) is 17.3 Å². The number of anilines is 3. The van der Waals surface area contributed by atoms with Crippen molar-refractivity contribution >= 4 is 40.0 Å². The van der Waals surface area contributed by atoms with Gasteiger partial charge in [0.05, 0.1) is 41.7 Å². The normalized spacial score (nSPS) is 15.2. The molecular formula is C27H25N7O3. The molecule has 186 valence electrons. The van der Waals surface area contributed by atoms with Crippen LogP contribution in [-0.2, 0) is 9.53 Å². The number of fused-ring (bicyclic) bond motifs is 1. The van der Waals surface area contributed by atoms with Crippen LogP contribution >= 0.6 is 0 Å². The number of benzene rings is 2. The lowest BCUT2D eigenvalue weighted by Crippen LogP contribution is -2.35. The molecule has 3 heterocycles. The zero-order valence-corrected chi connectivity index (χ0v) is 19.9. The number of aromatic nitrogens is 3. The van der Waals surface area contributed by atoms with Gasteiger partial charge in [-0.05, 0) is 29.8 Å². The SMILES string of the molecule is C=CC(=O)Nc1ccnc(-c2cccc3cnc(Nc4c(C(N)=O)cccc4C4COCCN4)nc23)c1. The molecule has 1 saturated heterocycles. The highest BCUT2D eigenvalue weighted by Gasteiger charge is 2.23. The van der Waals surface area contributed by atoms with Crippen LogP contribution < -0.4 is 21.7 Å². The fourth-order valence-corrected chi connectivity index (χ4v) is 4.25. The topological polar surface area (TPSA) is 144 Å². The van der Waals surface area contributed by atoms with Crippen LogP contribution in [0.5, 0.6) is 0 Å². The van der Waals surface area contributed by atoms with Gasteiger partial charge in [0.25, 0.3) is 5.91 Å². The predicted molar refractivity (Wildman–Crippen MR) is 141 cm³/mol. The van der Waals surface area contributed by atoms with Gasteiger partial charge in [-0.2, -0.15) is 0 Å². The number of nitrogens with one attached hydrogen (secondary N) is 3. The lowest BCUT2D eigenvalue weighted by Gasteiger charge is -2.27. The summed E-state index contributed by atoms with van der Waals surface area (Å²) in [6.07, 6.45) is 4.52. The van der Waals surface area contributed by atoms with Gasteiger partial charge < -0.3 is 26.4 Å². The fraction of sp³-hybridized carbons (Fsp3) is 0.148. The highest BCUT2D eigenvalue weighted by molar-refractivity contribution is 6.01. The van der Waals surface area contributed by atoms with E-state index in [1.807, 2.05) is 24.3 Å². The maximum Gasteiger partial charge on any atom is 0.250 e. The molecule has 2 amide bonds. The molecule has 5 N–H and O–H groups in total. The minimum Gasteiger partial charge on any atom is -0.378 e. The Labute approximate surface area is 213 Å². The summed E-state index contributed by atoms with van der Waals surface area (Å²) in [7, 11) is 0. The minimum absolute atomic E-state index is 0.121. The first-order valence-electron chi connectivity index (χ1n) is 11.7. The Bertz CT molecular complexity index is 1500. The second kappa shape index (κ2) is 10.5. The van der Waals surface area contributed by atoms with Crippen molar-refractivity contribution < 1.29 is 14.3 Å². The number of carbonyl (C=O) groups excluding carboxylic acids is 2. The largest absolute Gasteiger partial charge is 0.378 e. The Morgan fingerprint density at radius 2 is 2.03 bits per heavy atom. The number of rotatable bonds is 7. The van der Waals surface area contributed by atoms with Crippen molar-refractivity contribution in [1.29, 1.82) is 0 Å². The molecule has 1 aliphatic rings. The number of primary amides is 1. The number of para-hydroxylation sites is 2. The van der Waals surface area contributed by atoms with Crippen LogP contribution in [0.3, 0.4) is 0 Å². The van der Waals surface area contributed by atoms with Gasteiger partial charge in [0.15, 0.2) is 0 Å². The van der Waals surface area contributed by atoms with Gasteiger partial charge in [-0.3, -0.25) is 14.6 Å². The Morgan fingerprint density at radius 1 is 1.16 bits per heavy atom. The smallest absolute Gasteiger partial charge is 0.250 e. The number of carbonyl (C=O) groups is 2. The van der Waals surface area contributed by atoms with Crippen LogP contribution in [0, 0.1) is 0 Å². The molecule has 2 aromatic carbocycles. The van der Waals surface area contributed by atoms with E-state index in [-0.39, 0.29) is 11.9 Å². The predicted octanol–water partition coefficient (Wildman–Crippen LogP) is 3.32. The van der Waals surface area contributed by atoms with Crippen LogP contribution in [0.2, 0.25) is 0 Å². The Hall–Kier alpha value is -4.67. The molecular weight excluding hydrogens is 470 g/mol. The van der Waals surface area contributed by atoms with Crippen molar-refractivity contribution in [2.75, 3.05) is 30.4 Å². The number of pyridine rings is 1.